The highest BCUT2D eigenvalue weighted by Gasteiger charge is 2.24. The third-order valence-corrected chi connectivity index (χ3v) is 2.63. The van der Waals surface area contributed by atoms with Gasteiger partial charge in [-0.1, -0.05) is 32.1 Å². The van der Waals surface area contributed by atoms with E-state index in [1.165, 1.54) is 0 Å². The first-order valence-electron chi connectivity index (χ1n) is 5.99. The van der Waals surface area contributed by atoms with Crippen LogP contribution in [0.5, 0.6) is 0 Å². The molecule has 1 rings (SSSR count). The van der Waals surface area contributed by atoms with Crippen molar-refractivity contribution in [2.75, 3.05) is 6.61 Å². The molecule has 1 amide bonds. The molecule has 1 atom stereocenters. The maximum atomic E-state index is 12.6. The SMILES string of the molecule is CC(C)[C@H](NC(=O)OCC1=CCCC=C1)C(=O)F. The number of carbonyl (C=O) groups excluding carboxylic acids is 2. The van der Waals surface area contributed by atoms with Crippen molar-refractivity contribution < 1.29 is 18.7 Å². The summed E-state index contributed by atoms with van der Waals surface area (Å²) >= 11 is 0. The van der Waals surface area contributed by atoms with Crippen LogP contribution in [0.15, 0.2) is 23.8 Å². The molecular formula is C13H18FNO3. The van der Waals surface area contributed by atoms with Gasteiger partial charge < -0.3 is 10.1 Å². The van der Waals surface area contributed by atoms with Crippen molar-refractivity contribution >= 4 is 12.1 Å². The van der Waals surface area contributed by atoms with E-state index in [1.54, 1.807) is 13.8 Å². The second kappa shape index (κ2) is 6.93. The van der Waals surface area contributed by atoms with E-state index in [1.807, 2.05) is 18.2 Å². The number of hydrogen-bond acceptors (Lipinski definition) is 3. The highest BCUT2D eigenvalue weighted by atomic mass is 19.1. The van der Waals surface area contributed by atoms with Crippen LogP contribution < -0.4 is 5.32 Å². The van der Waals surface area contributed by atoms with Crippen molar-refractivity contribution in [3.63, 3.8) is 0 Å². The zero-order valence-corrected chi connectivity index (χ0v) is 10.6. The third kappa shape index (κ3) is 4.69. The predicted molar refractivity (Wildman–Crippen MR) is 65.7 cm³/mol. The Morgan fingerprint density at radius 3 is 2.67 bits per heavy atom. The molecule has 0 radical (unpaired) electrons. The molecule has 0 spiro atoms. The van der Waals surface area contributed by atoms with Crippen LogP contribution >= 0.6 is 0 Å². The minimum Gasteiger partial charge on any atom is -0.445 e. The predicted octanol–water partition coefficient (Wildman–Crippen LogP) is 2.51. The van der Waals surface area contributed by atoms with Crippen LogP contribution in [0.1, 0.15) is 26.7 Å². The molecule has 1 N–H and O–H groups in total. The lowest BCUT2D eigenvalue weighted by atomic mass is 10.1. The molecular weight excluding hydrogens is 237 g/mol. The monoisotopic (exact) mass is 255 g/mol. The number of allylic oxidation sites excluding steroid dienone is 2. The number of hydrogen-bond donors (Lipinski definition) is 1. The summed E-state index contributed by atoms with van der Waals surface area (Å²) in [6, 6.07) is -2.70. The van der Waals surface area contributed by atoms with Crippen LogP contribution in [-0.2, 0) is 9.53 Å². The van der Waals surface area contributed by atoms with Crippen molar-refractivity contribution in [1.29, 1.82) is 0 Å². The van der Waals surface area contributed by atoms with Crippen LogP contribution in [0.4, 0.5) is 9.18 Å². The Morgan fingerprint density at radius 2 is 2.17 bits per heavy atom. The lowest BCUT2D eigenvalue weighted by Crippen LogP contribution is -2.43. The second-order valence-electron chi connectivity index (χ2n) is 4.51. The maximum absolute atomic E-state index is 12.6. The number of nitrogens with one attached hydrogen (secondary N) is 1. The molecule has 0 fully saturated rings. The fraction of sp³-hybridized carbons (Fsp3) is 0.538. The smallest absolute Gasteiger partial charge is 0.408 e. The van der Waals surface area contributed by atoms with Gasteiger partial charge in [0.05, 0.1) is 0 Å². The van der Waals surface area contributed by atoms with Gasteiger partial charge in [-0.15, -0.1) is 0 Å². The van der Waals surface area contributed by atoms with Crippen LogP contribution in [-0.4, -0.2) is 24.8 Å². The molecule has 0 saturated heterocycles. The van der Waals surface area contributed by atoms with E-state index < -0.39 is 18.2 Å². The van der Waals surface area contributed by atoms with Crippen molar-refractivity contribution in [1.82, 2.24) is 5.32 Å². The lowest BCUT2D eigenvalue weighted by Gasteiger charge is -2.17. The van der Waals surface area contributed by atoms with Crippen molar-refractivity contribution in [3.05, 3.63) is 23.8 Å². The molecule has 0 aliphatic heterocycles. The van der Waals surface area contributed by atoms with E-state index in [-0.39, 0.29) is 12.5 Å². The number of ether oxygens (including phenoxy) is 1. The minimum absolute atomic E-state index is 0.133. The van der Waals surface area contributed by atoms with Gasteiger partial charge in [-0.2, -0.15) is 4.39 Å². The second-order valence-corrected chi connectivity index (χ2v) is 4.51. The molecule has 0 aromatic carbocycles. The average molecular weight is 255 g/mol. The molecule has 1 aliphatic rings. The molecule has 0 aromatic rings. The highest BCUT2D eigenvalue weighted by molar-refractivity contribution is 5.80. The molecule has 0 bridgehead atoms. The molecule has 0 unspecified atom stereocenters. The first-order valence-corrected chi connectivity index (χ1v) is 5.99. The standard InChI is InChI=1S/C13H18FNO3/c1-9(2)11(12(14)16)15-13(17)18-8-10-6-4-3-5-7-10/h4,6-7,9,11H,3,5,8H2,1-2H3,(H,15,17)/t11-/m0/s1. The normalized spacial score (nSPS) is 16.1. The van der Waals surface area contributed by atoms with Gasteiger partial charge in [0.15, 0.2) is 0 Å². The molecule has 0 aromatic heterocycles. The Bertz CT molecular complexity index is 374. The van der Waals surface area contributed by atoms with Crippen molar-refractivity contribution in [2.24, 2.45) is 5.92 Å². The minimum atomic E-state index is -1.56. The van der Waals surface area contributed by atoms with Gasteiger partial charge in [0.1, 0.15) is 12.6 Å². The molecule has 100 valence electrons. The number of alkyl carbamates (subject to hydrolysis) is 1. The number of rotatable bonds is 5. The summed E-state index contributed by atoms with van der Waals surface area (Å²) in [7, 11) is 0. The zero-order valence-electron chi connectivity index (χ0n) is 10.6. The van der Waals surface area contributed by atoms with Gasteiger partial charge in [-0.25, -0.2) is 4.79 Å². The molecule has 0 heterocycles. The van der Waals surface area contributed by atoms with Crippen LogP contribution in [0.3, 0.4) is 0 Å². The summed E-state index contributed by atoms with van der Waals surface area (Å²) in [4.78, 5) is 22.1. The van der Waals surface area contributed by atoms with Gasteiger partial charge in [0.2, 0.25) is 0 Å². The average Bonchev–Trinajstić information content (AvgIpc) is 2.34. The van der Waals surface area contributed by atoms with Crippen LogP contribution in [0.2, 0.25) is 0 Å². The molecule has 0 saturated carbocycles. The van der Waals surface area contributed by atoms with E-state index in [2.05, 4.69) is 5.32 Å². The molecule has 4 nitrogen and oxygen atoms in total. The summed E-state index contributed by atoms with van der Waals surface area (Å²) < 4.78 is 17.6. The van der Waals surface area contributed by atoms with Crippen LogP contribution in [0, 0.1) is 5.92 Å². The van der Waals surface area contributed by atoms with E-state index in [4.69, 9.17) is 4.74 Å². The van der Waals surface area contributed by atoms with E-state index >= 15 is 0 Å². The Morgan fingerprint density at radius 1 is 1.44 bits per heavy atom. The summed E-state index contributed by atoms with van der Waals surface area (Å²) in [5, 5.41) is 2.22. The summed E-state index contributed by atoms with van der Waals surface area (Å²) in [5.41, 5.74) is 0.907. The largest absolute Gasteiger partial charge is 0.445 e. The van der Waals surface area contributed by atoms with E-state index in [9.17, 15) is 14.0 Å². The Balaban J connectivity index is 2.38. The van der Waals surface area contributed by atoms with E-state index in [0.29, 0.717) is 0 Å². The van der Waals surface area contributed by atoms with Crippen molar-refractivity contribution in [3.8, 4) is 0 Å². The van der Waals surface area contributed by atoms with Gasteiger partial charge in [-0.05, 0) is 24.3 Å². The lowest BCUT2D eigenvalue weighted by molar-refractivity contribution is -0.132. The number of carbonyl (C=O) groups is 2. The van der Waals surface area contributed by atoms with Crippen molar-refractivity contribution in [2.45, 2.75) is 32.7 Å². The van der Waals surface area contributed by atoms with E-state index in [0.717, 1.165) is 18.4 Å². The number of halogens is 1. The highest BCUT2D eigenvalue weighted by Crippen LogP contribution is 2.10. The molecule has 1 aliphatic carbocycles. The van der Waals surface area contributed by atoms with Gasteiger partial charge in [0, 0.05) is 0 Å². The topological polar surface area (TPSA) is 55.4 Å². The third-order valence-electron chi connectivity index (χ3n) is 2.63. The summed E-state index contributed by atoms with van der Waals surface area (Å²) in [6.45, 7) is 3.43. The van der Waals surface area contributed by atoms with Gasteiger partial charge in [-0.3, -0.25) is 4.79 Å². The first-order chi connectivity index (χ1) is 8.50. The fourth-order valence-electron chi connectivity index (χ4n) is 1.58. The Hall–Kier alpha value is -1.65. The number of amides is 1. The zero-order chi connectivity index (χ0) is 13.5. The maximum Gasteiger partial charge on any atom is 0.408 e. The van der Waals surface area contributed by atoms with Crippen LogP contribution in [0.25, 0.3) is 0 Å². The molecule has 5 heteroatoms. The van der Waals surface area contributed by atoms with Gasteiger partial charge in [0.25, 0.3) is 0 Å². The first kappa shape index (κ1) is 14.4. The van der Waals surface area contributed by atoms with Gasteiger partial charge >= 0.3 is 12.1 Å². The fourth-order valence-corrected chi connectivity index (χ4v) is 1.58. The molecule has 18 heavy (non-hydrogen) atoms. The summed E-state index contributed by atoms with van der Waals surface area (Å²) in [6.07, 6.45) is 7.00. The Labute approximate surface area is 106 Å². The quantitative estimate of drug-likeness (QED) is 0.768. The summed E-state index contributed by atoms with van der Waals surface area (Å²) in [5.74, 6) is -0.316. The Kier molecular flexibility index (Phi) is 5.55.